The fraction of sp³-hybridized carbons (Fsp3) is 0.250. The predicted octanol–water partition coefficient (Wildman–Crippen LogP) is 4.85. The minimum Gasteiger partial charge on any atom is -0.497 e. The molecule has 0 saturated heterocycles. The van der Waals surface area contributed by atoms with Gasteiger partial charge in [-0.25, -0.2) is 4.98 Å². The summed E-state index contributed by atoms with van der Waals surface area (Å²) in [7, 11) is 1.66. The number of fused-ring (bicyclic) bond motifs is 2. The molecule has 3 aromatic rings. The summed E-state index contributed by atoms with van der Waals surface area (Å²) in [6.45, 7) is 3.03. The molecule has 0 radical (unpaired) electrons. The molecule has 0 N–H and O–H groups in total. The number of methoxy groups -OCH3 is 1. The molecule has 1 aromatic heterocycles. The minimum atomic E-state index is 0.463. The largest absolute Gasteiger partial charge is 0.497 e. The molecule has 4 heteroatoms. The summed E-state index contributed by atoms with van der Waals surface area (Å²) < 4.78 is 5.26. The van der Waals surface area contributed by atoms with Gasteiger partial charge in [0, 0.05) is 35.3 Å². The number of ether oxygens (including phenoxy) is 1. The van der Waals surface area contributed by atoms with Crippen LogP contribution in [0.25, 0.3) is 10.9 Å². The lowest BCUT2D eigenvalue weighted by atomic mass is 10.1. The molecule has 1 aliphatic rings. The van der Waals surface area contributed by atoms with E-state index in [1.165, 1.54) is 11.3 Å². The van der Waals surface area contributed by atoms with Crippen molar-refractivity contribution in [1.82, 2.24) is 4.98 Å². The van der Waals surface area contributed by atoms with Crippen molar-refractivity contribution in [2.45, 2.75) is 25.9 Å². The summed E-state index contributed by atoms with van der Waals surface area (Å²) in [6, 6.07) is 17.1. The monoisotopic (exact) mass is 338 g/mol. The van der Waals surface area contributed by atoms with E-state index in [1.54, 1.807) is 7.11 Å². The van der Waals surface area contributed by atoms with Crippen molar-refractivity contribution >= 4 is 28.2 Å². The fourth-order valence-electron chi connectivity index (χ4n) is 3.46. The molecular formula is C20H19ClN2O. The Bertz CT molecular complexity index is 909. The molecule has 0 saturated carbocycles. The van der Waals surface area contributed by atoms with Gasteiger partial charge in [-0.05, 0) is 43.2 Å². The average molecular weight is 339 g/mol. The van der Waals surface area contributed by atoms with Crippen LogP contribution in [0.4, 0.5) is 5.69 Å². The number of aromatic nitrogens is 1. The van der Waals surface area contributed by atoms with Crippen molar-refractivity contribution in [3.63, 3.8) is 0 Å². The van der Waals surface area contributed by atoms with Gasteiger partial charge in [-0.2, -0.15) is 0 Å². The average Bonchev–Trinajstić information content (AvgIpc) is 2.91. The van der Waals surface area contributed by atoms with Crippen LogP contribution >= 0.6 is 11.6 Å². The second kappa shape index (κ2) is 5.99. The number of halogens is 1. The smallest absolute Gasteiger partial charge is 0.134 e. The summed E-state index contributed by atoms with van der Waals surface area (Å²) in [4.78, 5) is 6.98. The third-order valence-corrected chi connectivity index (χ3v) is 5.07. The molecule has 2 aromatic carbocycles. The van der Waals surface area contributed by atoms with Crippen LogP contribution in [-0.2, 0) is 13.0 Å². The maximum absolute atomic E-state index is 6.47. The summed E-state index contributed by atoms with van der Waals surface area (Å²) in [5, 5.41) is 1.64. The van der Waals surface area contributed by atoms with Crippen LogP contribution in [-0.4, -0.2) is 18.1 Å². The van der Waals surface area contributed by atoms with Gasteiger partial charge in [-0.15, -0.1) is 0 Å². The SMILES string of the molecule is COc1ccc2cc(CN3c4ccccc4C[C@H]3C)c(Cl)nc2c1. The van der Waals surface area contributed by atoms with E-state index in [9.17, 15) is 0 Å². The van der Waals surface area contributed by atoms with Crippen LogP contribution in [0, 0.1) is 0 Å². The Morgan fingerprint density at radius 1 is 1.21 bits per heavy atom. The first kappa shape index (κ1) is 15.3. The van der Waals surface area contributed by atoms with Gasteiger partial charge in [0.1, 0.15) is 10.9 Å². The minimum absolute atomic E-state index is 0.463. The van der Waals surface area contributed by atoms with Crippen molar-refractivity contribution < 1.29 is 4.74 Å². The second-order valence-corrected chi connectivity index (χ2v) is 6.66. The quantitative estimate of drug-likeness (QED) is 0.638. The maximum atomic E-state index is 6.47. The topological polar surface area (TPSA) is 25.4 Å². The number of anilines is 1. The highest BCUT2D eigenvalue weighted by Gasteiger charge is 2.26. The summed E-state index contributed by atoms with van der Waals surface area (Å²) >= 11 is 6.47. The lowest BCUT2D eigenvalue weighted by molar-refractivity contribution is 0.415. The normalized spacial score (nSPS) is 16.5. The van der Waals surface area contributed by atoms with Gasteiger partial charge in [0.25, 0.3) is 0 Å². The first-order valence-corrected chi connectivity index (χ1v) is 8.51. The van der Waals surface area contributed by atoms with Gasteiger partial charge < -0.3 is 9.64 Å². The van der Waals surface area contributed by atoms with Crippen LogP contribution in [0.3, 0.4) is 0 Å². The highest BCUT2D eigenvalue weighted by molar-refractivity contribution is 6.30. The molecule has 0 fully saturated rings. The van der Waals surface area contributed by atoms with Crippen LogP contribution in [0.2, 0.25) is 5.15 Å². The van der Waals surface area contributed by atoms with E-state index < -0.39 is 0 Å². The standard InChI is InChI=1S/C20H19ClN2O/c1-13-9-15-5-3-4-6-19(15)23(13)12-16-10-14-7-8-17(24-2)11-18(14)22-20(16)21/h3-8,10-11,13H,9,12H2,1-2H3/t13-/m1/s1. The molecule has 122 valence electrons. The van der Waals surface area contributed by atoms with E-state index in [0.717, 1.165) is 35.2 Å². The van der Waals surface area contributed by atoms with Gasteiger partial charge in [0.2, 0.25) is 0 Å². The Morgan fingerprint density at radius 3 is 2.88 bits per heavy atom. The lowest BCUT2D eigenvalue weighted by Crippen LogP contribution is -2.28. The summed E-state index contributed by atoms with van der Waals surface area (Å²) in [5.41, 5.74) is 4.62. The van der Waals surface area contributed by atoms with Crippen molar-refractivity contribution in [1.29, 1.82) is 0 Å². The van der Waals surface area contributed by atoms with E-state index >= 15 is 0 Å². The molecular weight excluding hydrogens is 320 g/mol. The molecule has 3 nitrogen and oxygen atoms in total. The number of pyridine rings is 1. The Kier molecular flexibility index (Phi) is 3.81. The molecule has 4 rings (SSSR count). The van der Waals surface area contributed by atoms with Crippen molar-refractivity contribution in [3.8, 4) is 5.75 Å². The van der Waals surface area contributed by atoms with E-state index in [2.05, 4.69) is 47.1 Å². The molecule has 1 atom stereocenters. The zero-order chi connectivity index (χ0) is 16.7. The van der Waals surface area contributed by atoms with Gasteiger partial charge in [-0.1, -0.05) is 29.8 Å². The summed E-state index contributed by atoms with van der Waals surface area (Å²) in [5.74, 6) is 0.793. The fourth-order valence-corrected chi connectivity index (χ4v) is 3.66. The second-order valence-electron chi connectivity index (χ2n) is 6.31. The van der Waals surface area contributed by atoms with Gasteiger partial charge in [-0.3, -0.25) is 0 Å². The molecule has 0 amide bonds. The first-order valence-electron chi connectivity index (χ1n) is 8.13. The first-order chi connectivity index (χ1) is 11.7. The van der Waals surface area contributed by atoms with Crippen molar-refractivity contribution in [3.05, 3.63) is 64.8 Å². The van der Waals surface area contributed by atoms with Crippen LogP contribution < -0.4 is 9.64 Å². The van der Waals surface area contributed by atoms with Crippen LogP contribution in [0.15, 0.2) is 48.5 Å². The van der Waals surface area contributed by atoms with E-state index in [4.69, 9.17) is 16.3 Å². The number of hydrogen-bond acceptors (Lipinski definition) is 3. The Hall–Kier alpha value is -2.26. The molecule has 0 spiro atoms. The Balaban J connectivity index is 1.71. The van der Waals surface area contributed by atoms with E-state index in [-0.39, 0.29) is 0 Å². The third kappa shape index (κ3) is 2.59. The van der Waals surface area contributed by atoms with Gasteiger partial charge >= 0.3 is 0 Å². The van der Waals surface area contributed by atoms with Gasteiger partial charge in [0.15, 0.2) is 0 Å². The molecule has 1 aliphatic heterocycles. The molecule has 0 aliphatic carbocycles. The molecule has 24 heavy (non-hydrogen) atoms. The number of benzene rings is 2. The van der Waals surface area contributed by atoms with Crippen molar-refractivity contribution in [2.75, 3.05) is 12.0 Å². The number of nitrogens with zero attached hydrogens (tertiary/aromatic N) is 2. The predicted molar refractivity (Wildman–Crippen MR) is 99.1 cm³/mol. The highest BCUT2D eigenvalue weighted by Crippen LogP contribution is 2.34. The van der Waals surface area contributed by atoms with E-state index in [0.29, 0.717) is 11.2 Å². The Labute approximate surface area is 146 Å². The summed E-state index contributed by atoms with van der Waals surface area (Å²) in [6.07, 6.45) is 1.08. The van der Waals surface area contributed by atoms with E-state index in [1.807, 2.05) is 18.2 Å². The maximum Gasteiger partial charge on any atom is 0.134 e. The molecule has 0 bridgehead atoms. The Morgan fingerprint density at radius 2 is 2.04 bits per heavy atom. The van der Waals surface area contributed by atoms with Gasteiger partial charge in [0.05, 0.1) is 12.6 Å². The van der Waals surface area contributed by atoms with Crippen molar-refractivity contribution in [2.24, 2.45) is 0 Å². The number of hydrogen-bond donors (Lipinski definition) is 0. The molecule has 2 heterocycles. The third-order valence-electron chi connectivity index (χ3n) is 4.74. The van der Waals surface area contributed by atoms with Crippen LogP contribution in [0.5, 0.6) is 5.75 Å². The number of para-hydroxylation sites is 1. The van der Waals surface area contributed by atoms with Crippen LogP contribution in [0.1, 0.15) is 18.1 Å². The number of rotatable bonds is 3. The molecule has 0 unspecified atom stereocenters. The zero-order valence-corrected chi connectivity index (χ0v) is 14.5. The lowest BCUT2D eigenvalue weighted by Gasteiger charge is -2.25. The zero-order valence-electron chi connectivity index (χ0n) is 13.8. The highest BCUT2D eigenvalue weighted by atomic mass is 35.5.